The predicted octanol–water partition coefficient (Wildman–Crippen LogP) is 23.5. The Bertz CT molecular complexity index is 4580. The van der Waals surface area contributed by atoms with Gasteiger partial charge in [0.15, 0.2) is 0 Å². The van der Waals surface area contributed by atoms with Crippen molar-refractivity contribution in [2.24, 2.45) is 0 Å². The Labute approximate surface area is 609 Å². The third-order valence-electron chi connectivity index (χ3n) is 18.1. The zero-order valence-electron chi connectivity index (χ0n) is 59.9. The van der Waals surface area contributed by atoms with Crippen LogP contribution in [0.4, 0.5) is 0 Å². The van der Waals surface area contributed by atoms with Crippen LogP contribution in [-0.2, 0) is 41.2 Å². The second-order valence-corrected chi connectivity index (χ2v) is 28.9. The Morgan fingerprint density at radius 2 is 0.594 bits per heavy atom. The summed E-state index contributed by atoms with van der Waals surface area (Å²) in [5.74, 6) is -0.960. The van der Waals surface area contributed by atoms with Crippen LogP contribution in [0.25, 0.3) is 21.9 Å². The molecule has 0 aliphatic rings. The quantitative estimate of drug-likeness (QED) is 0.0848. The molecule has 0 spiro atoms. The summed E-state index contributed by atoms with van der Waals surface area (Å²) >= 11 is 11.9. The molecule has 101 heavy (non-hydrogen) atoms. The van der Waals surface area contributed by atoms with Gasteiger partial charge >= 0.3 is 0 Å². The molecule has 0 aromatic heterocycles. The highest BCUT2D eigenvalue weighted by atomic mass is 35.5. The number of aldehydes is 5. The van der Waals surface area contributed by atoms with Crippen LogP contribution in [0.3, 0.4) is 0 Å². The third kappa shape index (κ3) is 22.2. The molecule has 0 fully saturated rings. The van der Waals surface area contributed by atoms with E-state index in [9.17, 15) is 24.0 Å². The normalized spacial score (nSPS) is 12.4. The number of rotatable bonds is 17. The Balaban J connectivity index is 0.000000161. The maximum Gasteiger partial charge on any atom is 0.131 e. The van der Waals surface area contributed by atoms with E-state index in [1.165, 1.54) is 55.3 Å². The molecule has 0 saturated carbocycles. The van der Waals surface area contributed by atoms with E-state index in [2.05, 4.69) is 178 Å². The maximum atomic E-state index is 11.9. The molecule has 0 heterocycles. The fourth-order valence-electron chi connectivity index (χ4n) is 11.7. The smallest absolute Gasteiger partial charge is 0.131 e. The lowest BCUT2D eigenvalue weighted by Gasteiger charge is -2.27. The number of fused-ring (bicyclic) bond motifs is 1. The predicted molar refractivity (Wildman–Crippen MR) is 423 cm³/mol. The highest BCUT2D eigenvalue weighted by Gasteiger charge is 2.24. The van der Waals surface area contributed by atoms with Gasteiger partial charge in [-0.15, -0.1) is 0 Å². The van der Waals surface area contributed by atoms with Gasteiger partial charge in [0.05, 0.1) is 33.7 Å². The van der Waals surface area contributed by atoms with Crippen LogP contribution < -0.4 is 0 Å². The second-order valence-electron chi connectivity index (χ2n) is 28.1. The van der Waals surface area contributed by atoms with Gasteiger partial charge in [-0.05, 0) is 153 Å². The molecular weight excluding hydrogens is 1280 g/mol. The minimum atomic E-state index is -0.305. The number of halogens is 2. The lowest BCUT2D eigenvalue weighted by molar-refractivity contribution is -0.109. The molecule has 12 rings (SSSR count). The van der Waals surface area contributed by atoms with E-state index < -0.39 is 0 Å². The molecule has 0 N–H and O–H groups in total. The molecular formula is C94H92Cl2O5. The average molecular weight is 1370 g/mol. The van der Waals surface area contributed by atoms with Gasteiger partial charge in [0.25, 0.3) is 0 Å². The zero-order chi connectivity index (χ0) is 72.6. The number of carbonyl (C=O) groups excluding carboxylic acids is 5. The van der Waals surface area contributed by atoms with E-state index in [4.69, 9.17) is 23.2 Å². The molecule has 0 saturated heterocycles. The molecule has 0 aliphatic heterocycles. The first-order valence-corrected chi connectivity index (χ1v) is 35.1. The van der Waals surface area contributed by atoms with Crippen molar-refractivity contribution in [3.63, 3.8) is 0 Å². The summed E-state index contributed by atoms with van der Waals surface area (Å²) in [7, 11) is 0. The number of hydrogen-bond acceptors (Lipinski definition) is 5. The molecule has 0 radical (unpaired) electrons. The Hall–Kier alpha value is -10.2. The van der Waals surface area contributed by atoms with Gasteiger partial charge in [0.2, 0.25) is 0 Å². The van der Waals surface area contributed by atoms with Gasteiger partial charge in [-0.2, -0.15) is 0 Å². The van der Waals surface area contributed by atoms with Crippen molar-refractivity contribution in [2.75, 3.05) is 0 Å². The van der Waals surface area contributed by atoms with Crippen LogP contribution in [0.5, 0.6) is 0 Å². The minimum Gasteiger partial charge on any atom is -0.303 e. The fraction of sp³-hybridized carbons (Fsp3) is 0.202. The van der Waals surface area contributed by atoms with Crippen LogP contribution in [0, 0.1) is 34.6 Å². The maximum absolute atomic E-state index is 11.9. The Kier molecular flexibility index (Phi) is 27.9. The lowest BCUT2D eigenvalue weighted by atomic mass is 9.77. The number of aryl methyl sites for hydroxylation is 5. The summed E-state index contributed by atoms with van der Waals surface area (Å²) in [4.78, 5) is 57.5. The molecule has 5 unspecified atom stereocenters. The third-order valence-corrected chi connectivity index (χ3v) is 18.9. The van der Waals surface area contributed by atoms with Gasteiger partial charge in [-0.25, -0.2) is 0 Å². The molecule has 12 aromatic rings. The molecule has 5 nitrogen and oxygen atoms in total. The van der Waals surface area contributed by atoms with E-state index in [0.29, 0.717) is 10.0 Å². The van der Waals surface area contributed by atoms with Gasteiger partial charge < -0.3 is 24.0 Å². The molecule has 0 amide bonds. The zero-order valence-corrected chi connectivity index (χ0v) is 61.4. The van der Waals surface area contributed by atoms with Gasteiger partial charge in [-0.1, -0.05) is 366 Å². The van der Waals surface area contributed by atoms with Gasteiger partial charge in [0.1, 0.15) is 31.4 Å². The highest BCUT2D eigenvalue weighted by Crippen LogP contribution is 2.36. The summed E-state index contributed by atoms with van der Waals surface area (Å²) < 4.78 is 0. The SMILES string of the molecule is Cc1ccc(C(C=O)Cc2ccccc2)cc1.Cc1ccc(C(C=O)c2cc(C(C)(C)C)cc(C(C)(C)C)c2)cc1.Cc1ccc(C(C=O)c2ccc(-c3ccccc3)cc2)cc1.Cc1ccc(C(C=O)c2ccc(Cl)c(Cl)c2)cc1.Cc1ccc(C(C=O)c2ccc3ccccc3c2)cc1. The van der Waals surface area contributed by atoms with Gasteiger partial charge in [0, 0.05) is 5.92 Å². The van der Waals surface area contributed by atoms with E-state index in [0.717, 1.165) is 99.0 Å². The molecule has 512 valence electrons. The molecule has 0 aliphatic carbocycles. The van der Waals surface area contributed by atoms with E-state index in [1.807, 2.05) is 172 Å². The van der Waals surface area contributed by atoms with E-state index in [-0.39, 0.29) is 40.4 Å². The fourth-order valence-corrected chi connectivity index (χ4v) is 12.0. The van der Waals surface area contributed by atoms with Crippen LogP contribution in [-0.4, -0.2) is 31.4 Å². The second kappa shape index (κ2) is 36.8. The summed E-state index contributed by atoms with van der Waals surface area (Å²) in [5, 5.41) is 3.33. The van der Waals surface area contributed by atoms with Crippen molar-refractivity contribution in [1.82, 2.24) is 0 Å². The summed E-state index contributed by atoms with van der Waals surface area (Å²) in [6, 6.07) is 95.7. The molecule has 7 heteroatoms. The van der Waals surface area contributed by atoms with Crippen molar-refractivity contribution >= 4 is 65.4 Å². The largest absolute Gasteiger partial charge is 0.303 e. The number of benzene rings is 12. The monoisotopic (exact) mass is 1370 g/mol. The van der Waals surface area contributed by atoms with Crippen molar-refractivity contribution in [1.29, 1.82) is 0 Å². The number of carbonyl (C=O) groups is 5. The number of hydrogen-bond donors (Lipinski definition) is 0. The first-order chi connectivity index (χ1) is 48.5. The summed E-state index contributed by atoms with van der Waals surface area (Å²) in [6.07, 6.45) is 5.84. The average Bonchev–Trinajstić information content (AvgIpc) is 0.796. The summed E-state index contributed by atoms with van der Waals surface area (Å²) in [5.41, 5.74) is 21.4. The van der Waals surface area contributed by atoms with Crippen LogP contribution in [0.1, 0.15) is 166 Å². The van der Waals surface area contributed by atoms with Gasteiger partial charge in [-0.3, -0.25) is 0 Å². The van der Waals surface area contributed by atoms with Crippen molar-refractivity contribution in [3.8, 4) is 11.1 Å². The Morgan fingerprint density at radius 1 is 0.277 bits per heavy atom. The van der Waals surface area contributed by atoms with Crippen molar-refractivity contribution in [3.05, 3.63) is 390 Å². The van der Waals surface area contributed by atoms with E-state index >= 15 is 0 Å². The highest BCUT2D eigenvalue weighted by molar-refractivity contribution is 6.42. The van der Waals surface area contributed by atoms with Crippen LogP contribution in [0.2, 0.25) is 10.0 Å². The molecule has 12 aromatic carbocycles. The van der Waals surface area contributed by atoms with Crippen molar-refractivity contribution < 1.29 is 24.0 Å². The first-order valence-electron chi connectivity index (χ1n) is 34.4. The van der Waals surface area contributed by atoms with Crippen molar-refractivity contribution in [2.45, 2.75) is 123 Å². The lowest BCUT2D eigenvalue weighted by Crippen LogP contribution is -2.18. The first kappa shape index (κ1) is 76.6. The van der Waals surface area contributed by atoms with Crippen LogP contribution >= 0.6 is 23.2 Å². The minimum absolute atomic E-state index is 0.0435. The van der Waals surface area contributed by atoms with E-state index in [1.54, 1.807) is 12.1 Å². The topological polar surface area (TPSA) is 85.3 Å². The standard InChI is InChI=1S/C23H30O.C21H18O.C19H16O.C16H16O.C15H12Cl2O/c1-16-8-10-17(11-9-16)21(15-24)18-12-19(22(2,3)4)14-20(13-18)23(5,6)7;1-16-7-9-19(10-8-16)21(15-22)20-13-11-18(12-14-20)17-5-3-2-4-6-17;1-14-6-8-16(9-7-14)19(13-20)18-11-10-15-4-2-3-5-17(15)12-18;1-13-7-9-15(10-8-13)16(12-17)11-14-5-3-2-4-6-14;1-10-2-4-11(5-3-10)13(9-18)12-6-7-14(16)15(17)8-12/h8-15,21H,1-7H3;2-15,21H,1H3;2-13,19H,1H3;2-10,12,16H,11H2,1H3;2-9,13H,1H3. The molecule has 0 bridgehead atoms. The molecule has 5 atom stereocenters. The Morgan fingerprint density at radius 3 is 0.980 bits per heavy atom. The van der Waals surface area contributed by atoms with Crippen LogP contribution in [0.15, 0.2) is 285 Å². The summed E-state index contributed by atoms with van der Waals surface area (Å²) in [6.45, 7) is 23.6.